The molecule has 0 saturated carbocycles. The van der Waals surface area contributed by atoms with Crippen molar-refractivity contribution in [3.63, 3.8) is 0 Å². The zero-order valence-electron chi connectivity index (χ0n) is 22.0. The molecule has 3 rings (SSSR count). The van der Waals surface area contributed by atoms with Gasteiger partial charge in [0.2, 0.25) is 11.7 Å². The standard InChI is InChI=1S/C27H37ClN4O5/c1-17(2)11-20-14-24(37-31-20)27(35)32-10-6-5-9-29-26(34)22-13-19(28)7-8-23(22)36-16-21(12-18(3)4)30-25(33)15-32/h7-8,13-14,17-18,21H,5-6,9-12,15-16H2,1-4H3,(H,29,34)(H,30,33)/t21-/m0/s1. The van der Waals surface area contributed by atoms with Gasteiger partial charge in [-0.05, 0) is 55.7 Å². The van der Waals surface area contributed by atoms with Crippen molar-refractivity contribution in [1.82, 2.24) is 20.7 Å². The van der Waals surface area contributed by atoms with E-state index in [1.807, 2.05) is 0 Å². The summed E-state index contributed by atoms with van der Waals surface area (Å²) >= 11 is 6.13. The van der Waals surface area contributed by atoms with E-state index in [2.05, 4.69) is 43.5 Å². The van der Waals surface area contributed by atoms with Crippen LogP contribution in [0.15, 0.2) is 28.8 Å². The lowest BCUT2D eigenvalue weighted by molar-refractivity contribution is -0.122. The molecule has 0 saturated heterocycles. The van der Waals surface area contributed by atoms with Crippen LogP contribution in [0.4, 0.5) is 0 Å². The summed E-state index contributed by atoms with van der Waals surface area (Å²) in [5.41, 5.74) is 1.05. The minimum absolute atomic E-state index is 0.115. The summed E-state index contributed by atoms with van der Waals surface area (Å²) < 4.78 is 11.3. The van der Waals surface area contributed by atoms with Gasteiger partial charge in [-0.25, -0.2) is 0 Å². The summed E-state index contributed by atoms with van der Waals surface area (Å²) in [5, 5.41) is 10.3. The SMILES string of the molecule is CC(C)Cc1cc(C(=O)N2CCCCNC(=O)c3cc(Cl)ccc3OC[C@H](CC(C)C)NC(=O)C2)on1. The average Bonchev–Trinajstić information content (AvgIpc) is 3.28. The minimum atomic E-state index is -0.385. The lowest BCUT2D eigenvalue weighted by atomic mass is 10.0. The van der Waals surface area contributed by atoms with E-state index in [9.17, 15) is 14.4 Å². The first-order valence-corrected chi connectivity index (χ1v) is 13.2. The molecular formula is C27H37ClN4O5. The van der Waals surface area contributed by atoms with Crippen molar-refractivity contribution in [2.75, 3.05) is 26.2 Å². The van der Waals surface area contributed by atoms with Gasteiger partial charge in [-0.2, -0.15) is 0 Å². The molecule has 9 nitrogen and oxygen atoms in total. The topological polar surface area (TPSA) is 114 Å². The van der Waals surface area contributed by atoms with E-state index in [0.29, 0.717) is 66.7 Å². The second-order valence-corrected chi connectivity index (χ2v) is 10.8. The van der Waals surface area contributed by atoms with Crippen molar-refractivity contribution in [3.8, 4) is 5.75 Å². The third-order valence-electron chi connectivity index (χ3n) is 5.90. The number of aromatic nitrogens is 1. The lowest BCUT2D eigenvalue weighted by Crippen LogP contribution is -2.46. The molecule has 0 spiro atoms. The van der Waals surface area contributed by atoms with E-state index in [-0.39, 0.29) is 48.6 Å². The third-order valence-corrected chi connectivity index (χ3v) is 6.13. The maximum atomic E-state index is 13.2. The number of carbonyl (C=O) groups excluding carboxylic acids is 3. The fourth-order valence-electron chi connectivity index (χ4n) is 4.24. The Kier molecular flexibility index (Phi) is 10.4. The van der Waals surface area contributed by atoms with Crippen LogP contribution in [-0.4, -0.2) is 60.1 Å². The molecule has 2 aromatic rings. The van der Waals surface area contributed by atoms with Gasteiger partial charge in [-0.1, -0.05) is 44.5 Å². The monoisotopic (exact) mass is 532 g/mol. The molecule has 1 aromatic heterocycles. The molecule has 2 heterocycles. The molecular weight excluding hydrogens is 496 g/mol. The van der Waals surface area contributed by atoms with E-state index in [1.54, 1.807) is 24.3 Å². The number of benzene rings is 1. The molecule has 1 aliphatic rings. The van der Waals surface area contributed by atoms with Crippen molar-refractivity contribution in [2.24, 2.45) is 11.8 Å². The molecule has 10 heteroatoms. The minimum Gasteiger partial charge on any atom is -0.491 e. The Morgan fingerprint density at radius 2 is 1.95 bits per heavy atom. The van der Waals surface area contributed by atoms with Crippen LogP contribution in [0.5, 0.6) is 5.75 Å². The predicted octanol–water partition coefficient (Wildman–Crippen LogP) is 4.10. The third kappa shape index (κ3) is 8.77. The van der Waals surface area contributed by atoms with Crippen molar-refractivity contribution >= 4 is 29.3 Å². The van der Waals surface area contributed by atoms with Crippen LogP contribution in [0.2, 0.25) is 5.02 Å². The number of amides is 3. The normalized spacial score (nSPS) is 17.9. The summed E-state index contributed by atoms with van der Waals surface area (Å²) in [5.74, 6) is 0.215. The number of halogens is 1. The van der Waals surface area contributed by atoms with E-state index in [4.69, 9.17) is 20.9 Å². The summed E-state index contributed by atoms with van der Waals surface area (Å²) in [6.07, 6.45) is 2.55. The van der Waals surface area contributed by atoms with Crippen LogP contribution in [-0.2, 0) is 11.2 Å². The van der Waals surface area contributed by atoms with Crippen molar-refractivity contribution in [3.05, 3.63) is 46.3 Å². The Bertz CT molecular complexity index is 1080. The molecule has 0 bridgehead atoms. The summed E-state index contributed by atoms with van der Waals surface area (Å²) in [6, 6.07) is 6.23. The molecule has 1 aliphatic heterocycles. The first kappa shape index (κ1) is 28.5. The van der Waals surface area contributed by atoms with Gasteiger partial charge in [0.25, 0.3) is 11.8 Å². The first-order chi connectivity index (χ1) is 17.6. The maximum Gasteiger partial charge on any atom is 0.292 e. The van der Waals surface area contributed by atoms with E-state index in [0.717, 1.165) is 0 Å². The Morgan fingerprint density at radius 3 is 2.68 bits per heavy atom. The molecule has 2 N–H and O–H groups in total. The maximum absolute atomic E-state index is 13.2. The lowest BCUT2D eigenvalue weighted by Gasteiger charge is -2.25. The molecule has 0 radical (unpaired) electrons. The molecule has 3 amide bonds. The fraction of sp³-hybridized carbons (Fsp3) is 0.556. The van der Waals surface area contributed by atoms with Gasteiger partial charge in [0.1, 0.15) is 12.4 Å². The predicted molar refractivity (Wildman–Crippen MR) is 141 cm³/mol. The highest BCUT2D eigenvalue weighted by Crippen LogP contribution is 2.24. The van der Waals surface area contributed by atoms with Gasteiger partial charge >= 0.3 is 0 Å². The van der Waals surface area contributed by atoms with Crippen LogP contribution in [0.25, 0.3) is 0 Å². The van der Waals surface area contributed by atoms with Crippen LogP contribution in [0, 0.1) is 11.8 Å². The van der Waals surface area contributed by atoms with E-state index >= 15 is 0 Å². The van der Waals surface area contributed by atoms with Crippen molar-refractivity contribution in [2.45, 2.75) is 59.4 Å². The molecule has 37 heavy (non-hydrogen) atoms. The van der Waals surface area contributed by atoms with Gasteiger partial charge < -0.3 is 24.8 Å². The Morgan fingerprint density at radius 1 is 1.16 bits per heavy atom. The number of hydrogen-bond donors (Lipinski definition) is 2. The van der Waals surface area contributed by atoms with Gasteiger partial charge in [-0.3, -0.25) is 14.4 Å². The number of ether oxygens (including phenoxy) is 1. The zero-order valence-corrected chi connectivity index (χ0v) is 22.8. The number of nitrogens with one attached hydrogen (secondary N) is 2. The molecule has 1 aromatic carbocycles. The van der Waals surface area contributed by atoms with Gasteiger partial charge in [0.05, 0.1) is 23.8 Å². The summed E-state index contributed by atoms with van der Waals surface area (Å²) in [6.45, 7) is 9.01. The first-order valence-electron chi connectivity index (χ1n) is 12.9. The number of rotatable bonds is 5. The number of hydrogen-bond acceptors (Lipinski definition) is 6. The van der Waals surface area contributed by atoms with Gasteiger partial charge in [0.15, 0.2) is 0 Å². The van der Waals surface area contributed by atoms with E-state index in [1.165, 1.54) is 4.90 Å². The highest BCUT2D eigenvalue weighted by molar-refractivity contribution is 6.31. The highest BCUT2D eigenvalue weighted by Gasteiger charge is 2.25. The van der Waals surface area contributed by atoms with Gasteiger partial charge in [0, 0.05) is 24.2 Å². The molecule has 1 atom stereocenters. The van der Waals surface area contributed by atoms with Crippen LogP contribution in [0.3, 0.4) is 0 Å². The number of fused-ring (bicyclic) bond motifs is 1. The van der Waals surface area contributed by atoms with Crippen LogP contribution >= 0.6 is 11.6 Å². The Hall–Kier alpha value is -3.07. The Labute approximate surface area is 223 Å². The molecule has 0 fully saturated rings. The molecule has 0 aliphatic carbocycles. The number of carbonyl (C=O) groups is 3. The van der Waals surface area contributed by atoms with Crippen LogP contribution in [0.1, 0.15) is 73.6 Å². The summed E-state index contributed by atoms with van der Waals surface area (Å²) in [7, 11) is 0. The smallest absolute Gasteiger partial charge is 0.292 e. The second kappa shape index (κ2) is 13.5. The fourth-order valence-corrected chi connectivity index (χ4v) is 4.41. The second-order valence-electron chi connectivity index (χ2n) is 10.3. The van der Waals surface area contributed by atoms with Crippen molar-refractivity contribution in [1.29, 1.82) is 0 Å². The Balaban J connectivity index is 1.80. The van der Waals surface area contributed by atoms with Gasteiger partial charge in [-0.15, -0.1) is 0 Å². The van der Waals surface area contributed by atoms with Crippen LogP contribution < -0.4 is 15.4 Å². The quantitative estimate of drug-likeness (QED) is 0.599. The van der Waals surface area contributed by atoms with Crippen molar-refractivity contribution < 1.29 is 23.6 Å². The van der Waals surface area contributed by atoms with E-state index < -0.39 is 0 Å². The summed E-state index contributed by atoms with van der Waals surface area (Å²) in [4.78, 5) is 40.6. The number of nitrogens with zero attached hydrogens (tertiary/aromatic N) is 2. The molecule has 202 valence electrons. The highest BCUT2D eigenvalue weighted by atomic mass is 35.5. The largest absolute Gasteiger partial charge is 0.491 e. The zero-order chi connectivity index (χ0) is 26.9. The average molecular weight is 533 g/mol. The molecule has 0 unspecified atom stereocenters.